The van der Waals surface area contributed by atoms with Crippen molar-refractivity contribution in [3.8, 4) is 5.88 Å². The second kappa shape index (κ2) is 7.13. The number of methoxy groups -OCH3 is 1. The van der Waals surface area contributed by atoms with Gasteiger partial charge in [-0.3, -0.25) is 0 Å². The first-order chi connectivity index (χ1) is 11.6. The Morgan fingerprint density at radius 2 is 1.96 bits per heavy atom. The molecule has 1 saturated heterocycles. The molecule has 0 saturated carbocycles. The summed E-state index contributed by atoms with van der Waals surface area (Å²) in [6.45, 7) is 2.80. The van der Waals surface area contributed by atoms with Gasteiger partial charge >= 0.3 is 0 Å². The fourth-order valence-electron chi connectivity index (χ4n) is 3.23. The summed E-state index contributed by atoms with van der Waals surface area (Å²) in [5.74, 6) is -0.202. The topological polar surface area (TPSA) is 50.3 Å². The first kappa shape index (κ1) is 16.6. The van der Waals surface area contributed by atoms with Crippen molar-refractivity contribution in [2.75, 3.05) is 39.1 Å². The molecule has 3 rings (SSSR count). The molecule has 2 aromatic rings. The van der Waals surface area contributed by atoms with Crippen LogP contribution in [0, 0.1) is 5.82 Å². The highest BCUT2D eigenvalue weighted by molar-refractivity contribution is 5.33. The third-order valence-electron chi connectivity index (χ3n) is 4.82. The summed E-state index contributed by atoms with van der Waals surface area (Å²) in [7, 11) is 3.55. The van der Waals surface area contributed by atoms with Gasteiger partial charge in [-0.2, -0.15) is 9.37 Å². The van der Waals surface area contributed by atoms with Crippen LogP contribution in [0.5, 0.6) is 5.88 Å². The fraction of sp³-hybridized carbons (Fsp3) is 0.444. The summed E-state index contributed by atoms with van der Waals surface area (Å²) >= 11 is 0. The van der Waals surface area contributed by atoms with Crippen LogP contribution in [0.1, 0.15) is 18.4 Å². The molecule has 1 aromatic heterocycles. The number of anilines is 1. The van der Waals surface area contributed by atoms with E-state index in [2.05, 4.69) is 51.5 Å². The number of hydrogen-bond acceptors (Lipinski definition) is 5. The van der Waals surface area contributed by atoms with E-state index in [9.17, 15) is 4.39 Å². The Kier molecular flexibility index (Phi) is 4.94. The molecule has 1 aromatic carbocycles. The summed E-state index contributed by atoms with van der Waals surface area (Å²) in [5.41, 5.74) is 1.35. The van der Waals surface area contributed by atoms with Gasteiger partial charge in [-0.05, 0) is 38.5 Å². The zero-order chi connectivity index (χ0) is 17.0. The van der Waals surface area contributed by atoms with Crippen LogP contribution in [-0.4, -0.2) is 48.7 Å². The molecule has 6 heteroatoms. The van der Waals surface area contributed by atoms with E-state index in [4.69, 9.17) is 4.74 Å². The maximum absolute atomic E-state index is 13.5. The molecule has 0 bridgehead atoms. The maximum Gasteiger partial charge on any atom is 0.255 e. The summed E-state index contributed by atoms with van der Waals surface area (Å²) in [6.07, 6.45) is 3.25. The van der Waals surface area contributed by atoms with Crippen molar-refractivity contribution in [2.24, 2.45) is 0 Å². The Morgan fingerprint density at radius 3 is 2.62 bits per heavy atom. The van der Waals surface area contributed by atoms with Gasteiger partial charge in [0.25, 0.3) is 5.88 Å². The van der Waals surface area contributed by atoms with Crippen LogP contribution in [0.15, 0.2) is 36.5 Å². The molecule has 2 heterocycles. The van der Waals surface area contributed by atoms with Crippen LogP contribution in [0.25, 0.3) is 0 Å². The number of aromatic nitrogens is 2. The second-order valence-corrected chi connectivity index (χ2v) is 6.35. The van der Waals surface area contributed by atoms with Crippen LogP contribution >= 0.6 is 0 Å². The number of benzene rings is 1. The number of rotatable bonds is 5. The average Bonchev–Trinajstić information content (AvgIpc) is 2.63. The van der Waals surface area contributed by atoms with E-state index in [1.165, 1.54) is 12.7 Å². The molecule has 0 aliphatic carbocycles. The first-order valence-electron chi connectivity index (χ1n) is 8.17. The number of halogens is 1. The molecule has 0 amide bonds. The standard InChI is InChI=1S/C18H23FN4O/c1-23-10-8-18(9-11-23,14-6-4-3-5-7-14)13-21-17-20-12-15(19)16(22-17)24-2/h3-7,12H,8-11,13H2,1-2H3,(H,20,21,22). The zero-order valence-corrected chi connectivity index (χ0v) is 14.1. The van der Waals surface area contributed by atoms with Crippen LogP contribution in [0.2, 0.25) is 0 Å². The third-order valence-corrected chi connectivity index (χ3v) is 4.82. The molecular weight excluding hydrogens is 307 g/mol. The number of piperidine rings is 1. The second-order valence-electron chi connectivity index (χ2n) is 6.35. The predicted molar refractivity (Wildman–Crippen MR) is 91.9 cm³/mol. The molecule has 0 unspecified atom stereocenters. The van der Waals surface area contributed by atoms with Crippen LogP contribution in [0.3, 0.4) is 0 Å². The minimum Gasteiger partial charge on any atom is -0.479 e. The maximum atomic E-state index is 13.5. The zero-order valence-electron chi connectivity index (χ0n) is 14.1. The lowest BCUT2D eigenvalue weighted by Crippen LogP contribution is -2.45. The highest BCUT2D eigenvalue weighted by atomic mass is 19.1. The Balaban J connectivity index is 1.80. The molecule has 0 spiro atoms. The number of hydrogen-bond donors (Lipinski definition) is 1. The monoisotopic (exact) mass is 330 g/mol. The van der Waals surface area contributed by atoms with Gasteiger partial charge in [0.05, 0.1) is 13.3 Å². The number of nitrogens with zero attached hydrogens (tertiary/aromatic N) is 3. The summed E-state index contributed by atoms with van der Waals surface area (Å²) < 4.78 is 18.4. The van der Waals surface area contributed by atoms with Gasteiger partial charge in [0.1, 0.15) is 0 Å². The van der Waals surface area contributed by atoms with Gasteiger partial charge < -0.3 is 15.0 Å². The van der Waals surface area contributed by atoms with Crippen molar-refractivity contribution in [1.82, 2.24) is 14.9 Å². The van der Waals surface area contributed by atoms with Gasteiger partial charge in [0.2, 0.25) is 11.8 Å². The van der Waals surface area contributed by atoms with Crippen LogP contribution < -0.4 is 10.1 Å². The lowest BCUT2D eigenvalue weighted by atomic mass is 9.72. The van der Waals surface area contributed by atoms with Crippen molar-refractivity contribution < 1.29 is 9.13 Å². The van der Waals surface area contributed by atoms with Gasteiger partial charge in [0, 0.05) is 12.0 Å². The summed E-state index contributed by atoms with van der Waals surface area (Å²) in [5, 5.41) is 3.28. The van der Waals surface area contributed by atoms with Gasteiger partial charge in [-0.15, -0.1) is 0 Å². The molecule has 24 heavy (non-hydrogen) atoms. The Labute approximate surface area is 141 Å². The SMILES string of the molecule is COc1nc(NCC2(c3ccccc3)CCN(C)CC2)ncc1F. The van der Waals surface area contributed by atoms with Crippen LogP contribution in [-0.2, 0) is 5.41 Å². The van der Waals surface area contributed by atoms with Crippen molar-refractivity contribution >= 4 is 5.95 Å². The molecule has 0 radical (unpaired) electrons. The quantitative estimate of drug-likeness (QED) is 0.913. The van der Waals surface area contributed by atoms with Crippen molar-refractivity contribution in [1.29, 1.82) is 0 Å². The van der Waals surface area contributed by atoms with E-state index in [0.717, 1.165) is 32.1 Å². The lowest BCUT2D eigenvalue weighted by Gasteiger charge is -2.41. The summed E-state index contributed by atoms with van der Waals surface area (Å²) in [4.78, 5) is 10.5. The highest BCUT2D eigenvalue weighted by Gasteiger charge is 2.35. The molecule has 5 nitrogen and oxygen atoms in total. The Bertz CT molecular complexity index is 672. The smallest absolute Gasteiger partial charge is 0.255 e. The molecule has 1 fully saturated rings. The third kappa shape index (κ3) is 3.48. The molecule has 128 valence electrons. The first-order valence-corrected chi connectivity index (χ1v) is 8.17. The molecule has 1 N–H and O–H groups in total. The van der Waals surface area contributed by atoms with E-state index < -0.39 is 5.82 Å². The minimum absolute atomic E-state index is 0.0265. The number of ether oxygens (including phenoxy) is 1. The predicted octanol–water partition coefficient (Wildman–Crippen LogP) is 2.70. The van der Waals surface area contributed by atoms with E-state index in [-0.39, 0.29) is 11.3 Å². The van der Waals surface area contributed by atoms with Crippen molar-refractivity contribution in [3.05, 3.63) is 47.9 Å². The molecule has 1 aliphatic rings. The lowest BCUT2D eigenvalue weighted by molar-refractivity contribution is 0.195. The average molecular weight is 330 g/mol. The number of likely N-dealkylation sites (tertiary alicyclic amines) is 1. The van der Waals surface area contributed by atoms with E-state index in [1.54, 1.807) is 0 Å². The molecule has 0 atom stereocenters. The Morgan fingerprint density at radius 1 is 1.25 bits per heavy atom. The normalized spacial score (nSPS) is 17.5. The van der Waals surface area contributed by atoms with E-state index in [1.807, 2.05) is 6.07 Å². The highest BCUT2D eigenvalue weighted by Crippen LogP contribution is 2.35. The van der Waals surface area contributed by atoms with Crippen molar-refractivity contribution in [2.45, 2.75) is 18.3 Å². The number of nitrogens with one attached hydrogen (secondary N) is 1. The largest absolute Gasteiger partial charge is 0.479 e. The molecule has 1 aliphatic heterocycles. The van der Waals surface area contributed by atoms with Crippen molar-refractivity contribution in [3.63, 3.8) is 0 Å². The fourth-order valence-corrected chi connectivity index (χ4v) is 3.23. The van der Waals surface area contributed by atoms with Gasteiger partial charge in [-0.25, -0.2) is 4.98 Å². The van der Waals surface area contributed by atoms with Gasteiger partial charge in [-0.1, -0.05) is 30.3 Å². The minimum atomic E-state index is -0.555. The van der Waals surface area contributed by atoms with E-state index in [0.29, 0.717) is 12.5 Å². The Hall–Kier alpha value is -2.21. The van der Waals surface area contributed by atoms with E-state index >= 15 is 0 Å². The van der Waals surface area contributed by atoms with Crippen LogP contribution in [0.4, 0.5) is 10.3 Å². The molecular formula is C18H23FN4O. The van der Waals surface area contributed by atoms with Gasteiger partial charge in [0.15, 0.2) is 0 Å². The summed E-state index contributed by atoms with van der Waals surface area (Å²) in [6, 6.07) is 10.5.